The van der Waals surface area contributed by atoms with Gasteiger partial charge in [0.15, 0.2) is 0 Å². The molecule has 4 rings (SSSR count). The van der Waals surface area contributed by atoms with Gasteiger partial charge in [0.25, 0.3) is 5.91 Å². The number of nitrogens with one attached hydrogen (secondary N) is 1. The molecule has 27 heavy (non-hydrogen) atoms. The van der Waals surface area contributed by atoms with E-state index in [1.807, 2.05) is 4.90 Å². The van der Waals surface area contributed by atoms with E-state index in [-0.39, 0.29) is 18.3 Å². The highest BCUT2D eigenvalue weighted by Crippen LogP contribution is 2.37. The van der Waals surface area contributed by atoms with Gasteiger partial charge in [0.1, 0.15) is 17.0 Å². The lowest BCUT2D eigenvalue weighted by molar-refractivity contribution is 0.0757. The van der Waals surface area contributed by atoms with Crippen LogP contribution in [-0.2, 0) is 0 Å². The molecule has 2 aliphatic heterocycles. The van der Waals surface area contributed by atoms with E-state index in [1.54, 1.807) is 25.1 Å². The van der Waals surface area contributed by atoms with E-state index in [2.05, 4.69) is 10.5 Å². The Morgan fingerprint density at radius 3 is 2.37 bits per heavy atom. The first-order valence-corrected chi connectivity index (χ1v) is 9.72. The third-order valence-corrected chi connectivity index (χ3v) is 6.21. The zero-order valence-electron chi connectivity index (χ0n) is 15.0. The average Bonchev–Trinajstić information content (AvgIpc) is 3.16. The van der Waals surface area contributed by atoms with Gasteiger partial charge >= 0.3 is 0 Å². The maximum Gasteiger partial charge on any atom is 0.259 e. The zero-order valence-corrected chi connectivity index (χ0v) is 17.3. The quantitative estimate of drug-likeness (QED) is 0.764. The fourth-order valence-electron chi connectivity index (χ4n) is 4.10. The molecular weight excluding hydrogens is 409 g/mol. The third-order valence-electron chi connectivity index (χ3n) is 5.58. The van der Waals surface area contributed by atoms with Crippen molar-refractivity contribution in [2.75, 3.05) is 26.2 Å². The van der Waals surface area contributed by atoms with Crippen LogP contribution in [-0.4, -0.2) is 42.1 Å². The van der Waals surface area contributed by atoms with Gasteiger partial charge in [0, 0.05) is 18.7 Å². The fourth-order valence-corrected chi connectivity index (χ4v) is 4.67. The Kier molecular flexibility index (Phi) is 6.36. The number of likely N-dealkylation sites (tertiary alicyclic amines) is 1. The van der Waals surface area contributed by atoms with Gasteiger partial charge in [-0.3, -0.25) is 4.79 Å². The molecule has 2 saturated heterocycles. The number of hydrogen-bond acceptors (Lipinski definition) is 4. The summed E-state index contributed by atoms with van der Waals surface area (Å²) in [5.74, 6) is 1.76. The van der Waals surface area contributed by atoms with Gasteiger partial charge in [0.2, 0.25) is 0 Å². The van der Waals surface area contributed by atoms with Crippen molar-refractivity contribution < 1.29 is 9.32 Å². The summed E-state index contributed by atoms with van der Waals surface area (Å²) in [6.07, 6.45) is 2.05. The lowest BCUT2D eigenvalue weighted by Gasteiger charge is -2.21. The lowest BCUT2D eigenvalue weighted by atomic mass is 9.92. The number of halogens is 3. The van der Waals surface area contributed by atoms with Crippen molar-refractivity contribution in [3.8, 4) is 11.3 Å². The average molecular weight is 431 g/mol. The summed E-state index contributed by atoms with van der Waals surface area (Å²) >= 11 is 12.7. The molecule has 2 aliphatic rings. The van der Waals surface area contributed by atoms with Crippen molar-refractivity contribution in [1.82, 2.24) is 15.4 Å². The number of fused-ring (bicyclic) bond motifs is 1. The Morgan fingerprint density at radius 2 is 1.78 bits per heavy atom. The minimum Gasteiger partial charge on any atom is -0.360 e. The molecule has 0 radical (unpaired) electrons. The number of hydrogen-bond donors (Lipinski definition) is 1. The van der Waals surface area contributed by atoms with E-state index >= 15 is 0 Å². The molecule has 1 aromatic heterocycles. The molecule has 0 spiro atoms. The first-order valence-electron chi connectivity index (χ1n) is 8.97. The normalized spacial score (nSPS) is 22.1. The Hall–Kier alpha value is -1.27. The topological polar surface area (TPSA) is 58.4 Å². The van der Waals surface area contributed by atoms with Gasteiger partial charge in [-0.15, -0.1) is 12.4 Å². The van der Waals surface area contributed by atoms with Crippen molar-refractivity contribution in [1.29, 1.82) is 0 Å². The number of nitrogens with zero attached hydrogens (tertiary/aromatic N) is 2. The lowest BCUT2D eigenvalue weighted by Crippen LogP contribution is -2.33. The molecule has 8 heteroatoms. The van der Waals surface area contributed by atoms with E-state index in [4.69, 9.17) is 27.7 Å². The summed E-state index contributed by atoms with van der Waals surface area (Å²) in [5, 5.41) is 8.47. The maximum absolute atomic E-state index is 13.3. The second-order valence-corrected chi connectivity index (χ2v) is 7.92. The Balaban J connectivity index is 0.00000210. The maximum atomic E-state index is 13.3. The van der Waals surface area contributed by atoms with Crippen LogP contribution in [0.3, 0.4) is 0 Å². The SMILES string of the molecule is Cc1onc(-c2c(Cl)cccc2Cl)c1C(=O)N1CC[C@@H]2CNC[C@@H]2CC1.Cl. The van der Waals surface area contributed by atoms with E-state index in [0.717, 1.165) is 39.0 Å². The molecule has 5 nitrogen and oxygen atoms in total. The van der Waals surface area contributed by atoms with Crippen molar-refractivity contribution in [3.05, 3.63) is 39.6 Å². The first kappa shape index (κ1) is 20.5. The van der Waals surface area contributed by atoms with Crippen molar-refractivity contribution in [3.63, 3.8) is 0 Å². The predicted octanol–water partition coefficient (Wildman–Crippen LogP) is 4.45. The summed E-state index contributed by atoms with van der Waals surface area (Å²) in [4.78, 5) is 15.2. The summed E-state index contributed by atoms with van der Waals surface area (Å²) in [6, 6.07) is 5.24. The summed E-state index contributed by atoms with van der Waals surface area (Å²) in [6.45, 7) is 5.37. The van der Waals surface area contributed by atoms with E-state index in [1.165, 1.54) is 0 Å². The molecule has 0 bridgehead atoms. The molecule has 0 unspecified atom stereocenters. The fraction of sp³-hybridized carbons (Fsp3) is 0.474. The second kappa shape index (κ2) is 8.39. The third kappa shape index (κ3) is 3.83. The van der Waals surface area contributed by atoms with Gasteiger partial charge < -0.3 is 14.7 Å². The molecule has 0 aliphatic carbocycles. The van der Waals surface area contributed by atoms with Crippen LogP contribution in [0, 0.1) is 18.8 Å². The van der Waals surface area contributed by atoms with Gasteiger partial charge in [0.05, 0.1) is 10.0 Å². The van der Waals surface area contributed by atoms with Crippen LogP contribution in [0.5, 0.6) is 0 Å². The molecule has 0 saturated carbocycles. The Bertz CT molecular complexity index is 805. The zero-order chi connectivity index (χ0) is 18.3. The summed E-state index contributed by atoms with van der Waals surface area (Å²) in [7, 11) is 0. The molecule has 3 heterocycles. The van der Waals surface area contributed by atoms with Crippen LogP contribution in [0.25, 0.3) is 11.3 Å². The summed E-state index contributed by atoms with van der Waals surface area (Å²) < 4.78 is 5.35. The van der Waals surface area contributed by atoms with Gasteiger partial charge in [-0.25, -0.2) is 0 Å². The smallest absolute Gasteiger partial charge is 0.259 e. The molecule has 1 amide bonds. The van der Waals surface area contributed by atoms with Crippen LogP contribution in [0.15, 0.2) is 22.7 Å². The van der Waals surface area contributed by atoms with Crippen molar-refractivity contribution in [2.45, 2.75) is 19.8 Å². The largest absolute Gasteiger partial charge is 0.360 e. The molecular formula is C19H22Cl3N3O2. The molecule has 2 aromatic rings. The minimum atomic E-state index is -0.0531. The highest BCUT2D eigenvalue weighted by molar-refractivity contribution is 6.39. The van der Waals surface area contributed by atoms with Crippen molar-refractivity contribution in [2.24, 2.45) is 11.8 Å². The van der Waals surface area contributed by atoms with Crippen LogP contribution in [0.4, 0.5) is 0 Å². The predicted molar refractivity (Wildman–Crippen MR) is 109 cm³/mol. The van der Waals surface area contributed by atoms with Gasteiger partial charge in [-0.1, -0.05) is 34.4 Å². The number of rotatable bonds is 2. The number of amides is 1. The Morgan fingerprint density at radius 1 is 1.19 bits per heavy atom. The number of carbonyl (C=O) groups is 1. The highest BCUT2D eigenvalue weighted by atomic mass is 35.5. The standard InChI is InChI=1S/C19H21Cl2N3O2.ClH/c1-11-16(18(23-26-11)17-14(20)3-2-4-15(17)21)19(25)24-7-5-12-9-22-10-13(12)6-8-24;/h2-4,12-13,22H,5-10H2,1H3;1H/t12-,13+;. The number of carbonyl (C=O) groups excluding carboxylic acids is 1. The van der Waals surface area contributed by atoms with Crippen LogP contribution >= 0.6 is 35.6 Å². The molecule has 146 valence electrons. The van der Waals surface area contributed by atoms with E-state index in [9.17, 15) is 4.79 Å². The number of aryl methyl sites for hydroxylation is 1. The first-order chi connectivity index (χ1) is 12.6. The van der Waals surface area contributed by atoms with E-state index < -0.39 is 0 Å². The number of benzene rings is 1. The van der Waals surface area contributed by atoms with Gasteiger partial charge in [-0.05, 0) is 56.8 Å². The van der Waals surface area contributed by atoms with Crippen LogP contribution in [0.2, 0.25) is 10.0 Å². The molecule has 2 atom stereocenters. The highest BCUT2D eigenvalue weighted by Gasteiger charge is 2.34. The molecule has 2 fully saturated rings. The van der Waals surface area contributed by atoms with Crippen LogP contribution in [0.1, 0.15) is 29.0 Å². The monoisotopic (exact) mass is 429 g/mol. The van der Waals surface area contributed by atoms with Gasteiger partial charge in [-0.2, -0.15) is 0 Å². The van der Waals surface area contributed by atoms with E-state index in [0.29, 0.717) is 44.5 Å². The Labute approximate surface area is 174 Å². The second-order valence-electron chi connectivity index (χ2n) is 7.11. The molecule has 1 N–H and O–H groups in total. The molecule has 1 aromatic carbocycles. The number of aromatic nitrogens is 1. The van der Waals surface area contributed by atoms with Crippen LogP contribution < -0.4 is 5.32 Å². The minimum absolute atomic E-state index is 0. The van der Waals surface area contributed by atoms with Crippen molar-refractivity contribution >= 4 is 41.5 Å². The summed E-state index contributed by atoms with van der Waals surface area (Å²) in [5.41, 5.74) is 1.44.